The SMILES string of the molecule is CCCCCCCCC(CC)OC(=O)NCCCOC(=O)CCN(CCCN1CCCC1)CCC(=O)OCCCNC(=O)OC(CC)CCCCCCCC. The number of alkyl carbamates (subject to hydrolysis) is 2. The predicted molar refractivity (Wildman–Crippen MR) is 220 cm³/mol. The maximum atomic E-state index is 12.6. The number of unbranched alkanes of at least 4 members (excludes halogenated alkanes) is 10. The van der Waals surface area contributed by atoms with Gasteiger partial charge in [-0.15, -0.1) is 0 Å². The van der Waals surface area contributed by atoms with Crippen LogP contribution < -0.4 is 10.6 Å². The second-order valence-corrected chi connectivity index (χ2v) is 15.2. The third-order valence-corrected chi connectivity index (χ3v) is 10.3. The van der Waals surface area contributed by atoms with Crippen LogP contribution in [0.2, 0.25) is 0 Å². The Balaban J connectivity index is 2.28. The molecular formula is C43H82N4O8. The summed E-state index contributed by atoms with van der Waals surface area (Å²) in [6, 6.07) is 0. The van der Waals surface area contributed by atoms with Gasteiger partial charge in [-0.05, 0) is 96.8 Å². The number of esters is 2. The van der Waals surface area contributed by atoms with Crippen LogP contribution in [-0.4, -0.2) is 112 Å². The number of carbonyl (C=O) groups excluding carboxylic acids is 4. The summed E-state index contributed by atoms with van der Waals surface area (Å²) in [7, 11) is 0. The van der Waals surface area contributed by atoms with Crippen LogP contribution in [-0.2, 0) is 28.5 Å². The predicted octanol–water partition coefficient (Wildman–Crippen LogP) is 8.93. The van der Waals surface area contributed by atoms with Crippen molar-refractivity contribution >= 4 is 24.1 Å². The summed E-state index contributed by atoms with van der Waals surface area (Å²) in [5.41, 5.74) is 0. The molecule has 12 heteroatoms. The molecule has 55 heavy (non-hydrogen) atoms. The maximum absolute atomic E-state index is 12.6. The fourth-order valence-electron chi connectivity index (χ4n) is 6.78. The zero-order valence-electron chi connectivity index (χ0n) is 35.6. The minimum absolute atomic E-state index is 0.0677. The number of hydrogen-bond acceptors (Lipinski definition) is 10. The van der Waals surface area contributed by atoms with Gasteiger partial charge in [-0.25, -0.2) is 9.59 Å². The molecule has 0 aromatic rings. The molecule has 1 rings (SSSR count). The van der Waals surface area contributed by atoms with Gasteiger partial charge in [0.1, 0.15) is 12.2 Å². The summed E-state index contributed by atoms with van der Waals surface area (Å²) < 4.78 is 22.0. The van der Waals surface area contributed by atoms with Gasteiger partial charge in [-0.1, -0.05) is 91.9 Å². The number of nitrogens with one attached hydrogen (secondary N) is 2. The zero-order chi connectivity index (χ0) is 40.2. The molecule has 2 N–H and O–H groups in total. The van der Waals surface area contributed by atoms with Crippen LogP contribution in [0.15, 0.2) is 0 Å². The van der Waals surface area contributed by atoms with Crippen molar-refractivity contribution in [3.8, 4) is 0 Å². The smallest absolute Gasteiger partial charge is 0.407 e. The van der Waals surface area contributed by atoms with E-state index >= 15 is 0 Å². The molecule has 1 aliphatic rings. The average molecular weight is 783 g/mol. The molecule has 322 valence electrons. The van der Waals surface area contributed by atoms with E-state index in [9.17, 15) is 19.2 Å². The lowest BCUT2D eigenvalue weighted by atomic mass is 10.1. The van der Waals surface area contributed by atoms with Crippen molar-refractivity contribution in [2.75, 3.05) is 65.6 Å². The molecule has 1 saturated heterocycles. The Hall–Kier alpha value is -2.60. The molecule has 2 amide bonds. The van der Waals surface area contributed by atoms with E-state index in [0.29, 0.717) is 39.0 Å². The third-order valence-electron chi connectivity index (χ3n) is 10.3. The van der Waals surface area contributed by atoms with Gasteiger partial charge < -0.3 is 39.4 Å². The molecule has 0 bridgehead atoms. The van der Waals surface area contributed by atoms with Crippen molar-refractivity contribution in [2.24, 2.45) is 0 Å². The molecule has 0 radical (unpaired) electrons. The lowest BCUT2D eigenvalue weighted by Crippen LogP contribution is -2.33. The number of ether oxygens (including phenoxy) is 4. The number of carbonyl (C=O) groups is 4. The standard InChI is InChI=1S/C43H82N4O8/c1-5-9-11-13-15-17-24-38(7-3)54-42(50)44-28-21-36-52-40(48)26-34-47(33-23-32-46-30-19-20-31-46)35-27-41(49)53-37-22-29-45-43(51)55-39(8-4)25-18-16-14-12-10-6-2/h38-39H,5-37H2,1-4H3,(H,44,50)(H,45,51). The Morgan fingerprint density at radius 2 is 1.00 bits per heavy atom. The van der Waals surface area contributed by atoms with Crippen LogP contribution in [0, 0.1) is 0 Å². The Morgan fingerprint density at radius 3 is 1.44 bits per heavy atom. The monoisotopic (exact) mass is 783 g/mol. The summed E-state index contributed by atoms with van der Waals surface area (Å²) in [6.07, 6.45) is 21.9. The Labute approximate surface area is 335 Å². The highest BCUT2D eigenvalue weighted by molar-refractivity contribution is 5.70. The van der Waals surface area contributed by atoms with Crippen LogP contribution >= 0.6 is 0 Å². The summed E-state index contributed by atoms with van der Waals surface area (Å²) in [5, 5.41) is 5.56. The molecule has 1 fully saturated rings. The normalized spacial score (nSPS) is 14.1. The molecular weight excluding hydrogens is 700 g/mol. The Morgan fingerprint density at radius 1 is 0.564 bits per heavy atom. The van der Waals surface area contributed by atoms with Gasteiger partial charge in [0.2, 0.25) is 0 Å². The molecule has 0 spiro atoms. The van der Waals surface area contributed by atoms with Gasteiger partial charge in [0.25, 0.3) is 0 Å². The molecule has 1 heterocycles. The highest BCUT2D eigenvalue weighted by Crippen LogP contribution is 2.14. The first kappa shape index (κ1) is 50.4. The Kier molecular flexibility index (Phi) is 32.8. The minimum Gasteiger partial charge on any atom is -0.466 e. The molecule has 0 saturated carbocycles. The molecule has 0 aromatic heterocycles. The molecule has 1 aliphatic heterocycles. The first-order chi connectivity index (χ1) is 26.8. The number of rotatable bonds is 36. The summed E-state index contributed by atoms with van der Waals surface area (Å²) in [4.78, 5) is 54.2. The number of hydrogen-bond donors (Lipinski definition) is 2. The lowest BCUT2D eigenvalue weighted by Gasteiger charge is -2.23. The van der Waals surface area contributed by atoms with E-state index in [4.69, 9.17) is 18.9 Å². The fourth-order valence-corrected chi connectivity index (χ4v) is 6.78. The summed E-state index contributed by atoms with van der Waals surface area (Å²) >= 11 is 0. The van der Waals surface area contributed by atoms with E-state index in [1.165, 1.54) is 77.0 Å². The van der Waals surface area contributed by atoms with Crippen molar-refractivity contribution < 1.29 is 38.1 Å². The van der Waals surface area contributed by atoms with Crippen molar-refractivity contribution in [1.82, 2.24) is 20.4 Å². The molecule has 12 nitrogen and oxygen atoms in total. The highest BCUT2D eigenvalue weighted by atomic mass is 16.6. The summed E-state index contributed by atoms with van der Waals surface area (Å²) in [6.45, 7) is 14.8. The van der Waals surface area contributed by atoms with Gasteiger partial charge in [0.15, 0.2) is 0 Å². The highest BCUT2D eigenvalue weighted by Gasteiger charge is 2.16. The zero-order valence-corrected chi connectivity index (χ0v) is 35.6. The van der Waals surface area contributed by atoms with Crippen LogP contribution in [0.1, 0.15) is 175 Å². The third kappa shape index (κ3) is 30.2. The Bertz CT molecular complexity index is 901. The molecule has 0 aromatic carbocycles. The van der Waals surface area contributed by atoms with Crippen LogP contribution in [0.5, 0.6) is 0 Å². The molecule has 0 aliphatic carbocycles. The largest absolute Gasteiger partial charge is 0.466 e. The van der Waals surface area contributed by atoms with Crippen molar-refractivity contribution in [3.63, 3.8) is 0 Å². The van der Waals surface area contributed by atoms with E-state index in [2.05, 4.69) is 34.3 Å². The van der Waals surface area contributed by atoms with Crippen molar-refractivity contribution in [1.29, 1.82) is 0 Å². The number of likely N-dealkylation sites (tertiary alicyclic amines) is 1. The van der Waals surface area contributed by atoms with Gasteiger partial charge in [0, 0.05) is 26.2 Å². The topological polar surface area (TPSA) is 136 Å². The van der Waals surface area contributed by atoms with E-state index < -0.39 is 12.2 Å². The average Bonchev–Trinajstić information content (AvgIpc) is 3.70. The van der Waals surface area contributed by atoms with E-state index in [1.807, 2.05) is 13.8 Å². The maximum Gasteiger partial charge on any atom is 0.407 e. The number of amides is 2. The van der Waals surface area contributed by atoms with Gasteiger partial charge >= 0.3 is 24.1 Å². The quantitative estimate of drug-likeness (QED) is 0.0360. The first-order valence-corrected chi connectivity index (χ1v) is 22.5. The van der Waals surface area contributed by atoms with Crippen LogP contribution in [0.25, 0.3) is 0 Å². The van der Waals surface area contributed by atoms with E-state index in [0.717, 1.165) is 71.1 Å². The fraction of sp³-hybridized carbons (Fsp3) is 0.907. The van der Waals surface area contributed by atoms with Gasteiger partial charge in [-0.2, -0.15) is 0 Å². The van der Waals surface area contributed by atoms with Crippen LogP contribution in [0.3, 0.4) is 0 Å². The second kappa shape index (κ2) is 35.8. The first-order valence-electron chi connectivity index (χ1n) is 22.5. The van der Waals surface area contributed by atoms with Crippen molar-refractivity contribution in [2.45, 2.75) is 188 Å². The molecule has 2 atom stereocenters. The lowest BCUT2D eigenvalue weighted by molar-refractivity contribution is -0.144. The van der Waals surface area contributed by atoms with E-state index in [1.54, 1.807) is 0 Å². The number of nitrogens with zero attached hydrogens (tertiary/aromatic N) is 2. The van der Waals surface area contributed by atoms with Crippen molar-refractivity contribution in [3.05, 3.63) is 0 Å². The minimum atomic E-state index is -0.414. The second-order valence-electron chi connectivity index (χ2n) is 15.2. The molecule has 2 unspecified atom stereocenters. The summed E-state index contributed by atoms with van der Waals surface area (Å²) in [5.74, 6) is -0.586. The van der Waals surface area contributed by atoms with Gasteiger partial charge in [0.05, 0.1) is 26.1 Å². The van der Waals surface area contributed by atoms with E-state index in [-0.39, 0.29) is 50.2 Å². The van der Waals surface area contributed by atoms with Gasteiger partial charge in [-0.3, -0.25) is 9.59 Å². The van der Waals surface area contributed by atoms with Crippen LogP contribution in [0.4, 0.5) is 9.59 Å².